The third kappa shape index (κ3) is 4.69. The van der Waals surface area contributed by atoms with Gasteiger partial charge in [0.2, 0.25) is 5.91 Å². The second-order valence-corrected chi connectivity index (χ2v) is 8.73. The third-order valence-corrected chi connectivity index (χ3v) is 6.16. The Labute approximate surface area is 198 Å². The lowest BCUT2D eigenvalue weighted by molar-refractivity contribution is -0.121. The van der Waals surface area contributed by atoms with Crippen LogP contribution in [0.3, 0.4) is 0 Å². The van der Waals surface area contributed by atoms with E-state index in [-0.39, 0.29) is 17.7 Å². The highest BCUT2D eigenvalue weighted by Gasteiger charge is 2.27. The number of carbonyl (C=O) groups is 1. The van der Waals surface area contributed by atoms with E-state index in [2.05, 4.69) is 21.3 Å². The fraction of sp³-hybridized carbons (Fsp3) is 0.259. The molecule has 3 heterocycles. The monoisotopic (exact) mass is 453 g/mol. The van der Waals surface area contributed by atoms with E-state index in [4.69, 9.17) is 9.97 Å². The standard InChI is InChI=1S/C27H27N5O2/c1-18-9-11-21-23(16-18)30-26(22-7-2-3-8-24(22)33)31-27(21)32-15-13-20(17-32)29-25(34)12-10-19-6-4-5-14-28-19/h2-9,11,14,16,20,33H,10,12-13,15,17H2,1H3,(H,29,34). The second-order valence-electron chi connectivity index (χ2n) is 8.73. The number of aromatic nitrogens is 3. The number of aryl methyl sites for hydroxylation is 2. The quantitative estimate of drug-likeness (QED) is 0.458. The van der Waals surface area contributed by atoms with Crippen LogP contribution in [0.5, 0.6) is 5.75 Å². The lowest BCUT2D eigenvalue weighted by atomic mass is 10.1. The summed E-state index contributed by atoms with van der Waals surface area (Å²) in [5.41, 5.74) is 3.47. The molecule has 1 saturated heterocycles. The zero-order chi connectivity index (χ0) is 23.5. The summed E-state index contributed by atoms with van der Waals surface area (Å²) in [6.45, 7) is 3.49. The SMILES string of the molecule is Cc1ccc2c(N3CCC(NC(=O)CCc4ccccn4)C3)nc(-c3ccccc3O)nc2c1. The van der Waals surface area contributed by atoms with E-state index in [1.807, 2.05) is 49.4 Å². The molecule has 4 aromatic rings. The summed E-state index contributed by atoms with van der Waals surface area (Å²) < 4.78 is 0. The van der Waals surface area contributed by atoms with Crippen molar-refractivity contribution in [2.75, 3.05) is 18.0 Å². The molecule has 0 saturated carbocycles. The van der Waals surface area contributed by atoms with Gasteiger partial charge >= 0.3 is 0 Å². The van der Waals surface area contributed by atoms with Gasteiger partial charge in [0.25, 0.3) is 0 Å². The summed E-state index contributed by atoms with van der Waals surface area (Å²) in [6, 6.07) is 19.1. The zero-order valence-electron chi connectivity index (χ0n) is 19.1. The van der Waals surface area contributed by atoms with Gasteiger partial charge in [-0.15, -0.1) is 0 Å². The Morgan fingerprint density at radius 1 is 1.12 bits per heavy atom. The van der Waals surface area contributed by atoms with Gasteiger partial charge in [-0.2, -0.15) is 0 Å². The Morgan fingerprint density at radius 3 is 2.79 bits per heavy atom. The average Bonchev–Trinajstić information content (AvgIpc) is 3.31. The number of aromatic hydroxyl groups is 1. The van der Waals surface area contributed by atoms with Crippen LogP contribution in [0.15, 0.2) is 66.9 Å². The Bertz CT molecular complexity index is 1330. The molecule has 0 spiro atoms. The van der Waals surface area contributed by atoms with Crippen LogP contribution in [-0.4, -0.2) is 45.1 Å². The van der Waals surface area contributed by atoms with Crippen LogP contribution in [-0.2, 0) is 11.2 Å². The van der Waals surface area contributed by atoms with Crippen molar-refractivity contribution in [3.05, 3.63) is 78.1 Å². The average molecular weight is 454 g/mol. The number of hydrogen-bond acceptors (Lipinski definition) is 6. The molecule has 1 aliphatic rings. The summed E-state index contributed by atoms with van der Waals surface area (Å²) in [5, 5.41) is 14.5. The molecule has 1 aliphatic heterocycles. The second kappa shape index (κ2) is 9.47. The van der Waals surface area contributed by atoms with Gasteiger partial charge < -0.3 is 15.3 Å². The largest absolute Gasteiger partial charge is 0.507 e. The van der Waals surface area contributed by atoms with E-state index in [0.717, 1.165) is 40.9 Å². The molecule has 172 valence electrons. The molecule has 0 bridgehead atoms. The van der Waals surface area contributed by atoms with Crippen molar-refractivity contribution in [1.29, 1.82) is 0 Å². The molecule has 34 heavy (non-hydrogen) atoms. The summed E-state index contributed by atoms with van der Waals surface area (Å²) in [6.07, 6.45) is 3.64. The van der Waals surface area contributed by atoms with Crippen molar-refractivity contribution in [1.82, 2.24) is 20.3 Å². The number of pyridine rings is 1. The number of phenolic OH excluding ortho intramolecular Hbond substituents is 1. The maximum atomic E-state index is 12.5. The molecular weight excluding hydrogens is 426 g/mol. The third-order valence-electron chi connectivity index (χ3n) is 6.16. The molecule has 0 radical (unpaired) electrons. The van der Waals surface area contributed by atoms with Crippen LogP contribution in [0.25, 0.3) is 22.3 Å². The van der Waals surface area contributed by atoms with Crippen molar-refractivity contribution >= 4 is 22.6 Å². The first-order valence-electron chi connectivity index (χ1n) is 11.6. The highest BCUT2D eigenvalue weighted by atomic mass is 16.3. The van der Waals surface area contributed by atoms with E-state index in [9.17, 15) is 9.90 Å². The smallest absolute Gasteiger partial charge is 0.220 e. The van der Waals surface area contributed by atoms with Gasteiger partial charge in [0.15, 0.2) is 5.82 Å². The minimum atomic E-state index is 0.0376. The first-order valence-corrected chi connectivity index (χ1v) is 11.6. The Kier molecular flexibility index (Phi) is 6.08. The number of hydrogen-bond donors (Lipinski definition) is 2. The molecular formula is C27H27N5O2. The molecule has 7 heteroatoms. The van der Waals surface area contributed by atoms with Crippen molar-refractivity contribution in [3.8, 4) is 17.1 Å². The number of phenols is 1. The summed E-state index contributed by atoms with van der Waals surface area (Å²) in [7, 11) is 0. The molecule has 2 aromatic heterocycles. The fourth-order valence-corrected chi connectivity index (χ4v) is 4.41. The van der Waals surface area contributed by atoms with Crippen LogP contribution in [0.4, 0.5) is 5.82 Å². The number of fused-ring (bicyclic) bond motifs is 1. The zero-order valence-corrected chi connectivity index (χ0v) is 19.1. The minimum absolute atomic E-state index is 0.0376. The van der Waals surface area contributed by atoms with Crippen molar-refractivity contribution in [3.63, 3.8) is 0 Å². The van der Waals surface area contributed by atoms with Crippen LogP contribution < -0.4 is 10.2 Å². The van der Waals surface area contributed by atoms with Crippen LogP contribution >= 0.6 is 0 Å². The van der Waals surface area contributed by atoms with Gasteiger partial charge in [0.05, 0.1) is 11.1 Å². The highest BCUT2D eigenvalue weighted by molar-refractivity contribution is 5.92. The van der Waals surface area contributed by atoms with Gasteiger partial charge in [0, 0.05) is 42.8 Å². The van der Waals surface area contributed by atoms with E-state index in [1.165, 1.54) is 0 Å². The van der Waals surface area contributed by atoms with Crippen molar-refractivity contribution in [2.45, 2.75) is 32.2 Å². The topological polar surface area (TPSA) is 91.2 Å². The summed E-state index contributed by atoms with van der Waals surface area (Å²) in [4.78, 5) is 28.6. The summed E-state index contributed by atoms with van der Waals surface area (Å²) in [5.74, 6) is 1.51. The first-order chi connectivity index (χ1) is 16.6. The predicted molar refractivity (Wildman–Crippen MR) is 133 cm³/mol. The van der Waals surface area contributed by atoms with Crippen molar-refractivity contribution in [2.24, 2.45) is 0 Å². The number of nitrogens with one attached hydrogen (secondary N) is 1. The number of anilines is 1. The lowest BCUT2D eigenvalue weighted by Gasteiger charge is -2.21. The van der Waals surface area contributed by atoms with Crippen LogP contribution in [0, 0.1) is 6.92 Å². The van der Waals surface area contributed by atoms with Gasteiger partial charge in [-0.25, -0.2) is 9.97 Å². The Morgan fingerprint density at radius 2 is 1.97 bits per heavy atom. The molecule has 5 rings (SSSR count). The molecule has 1 unspecified atom stereocenters. The Hall–Kier alpha value is -4.00. The van der Waals surface area contributed by atoms with Crippen LogP contribution in [0.2, 0.25) is 0 Å². The van der Waals surface area contributed by atoms with Gasteiger partial charge in [-0.3, -0.25) is 9.78 Å². The van der Waals surface area contributed by atoms with Gasteiger partial charge in [0.1, 0.15) is 11.6 Å². The number of para-hydroxylation sites is 1. The van der Waals surface area contributed by atoms with Crippen LogP contribution in [0.1, 0.15) is 24.1 Å². The molecule has 7 nitrogen and oxygen atoms in total. The molecule has 0 aliphatic carbocycles. The molecule has 1 fully saturated rings. The van der Waals surface area contributed by atoms with Crippen molar-refractivity contribution < 1.29 is 9.90 Å². The minimum Gasteiger partial charge on any atom is -0.507 e. The van der Waals surface area contributed by atoms with E-state index < -0.39 is 0 Å². The highest BCUT2D eigenvalue weighted by Crippen LogP contribution is 2.33. The number of carbonyl (C=O) groups excluding carboxylic acids is 1. The first kappa shape index (κ1) is 21.8. The number of rotatable bonds is 6. The molecule has 2 aromatic carbocycles. The maximum Gasteiger partial charge on any atom is 0.220 e. The fourth-order valence-electron chi connectivity index (χ4n) is 4.41. The van der Waals surface area contributed by atoms with E-state index in [0.29, 0.717) is 30.8 Å². The molecule has 1 amide bonds. The normalized spacial score (nSPS) is 15.6. The number of amides is 1. The van der Waals surface area contributed by atoms with Gasteiger partial charge in [-0.05, 0) is 61.7 Å². The molecule has 2 N–H and O–H groups in total. The number of benzene rings is 2. The Balaban J connectivity index is 1.35. The molecule has 1 atom stereocenters. The number of nitrogens with zero attached hydrogens (tertiary/aromatic N) is 4. The summed E-state index contributed by atoms with van der Waals surface area (Å²) >= 11 is 0. The van der Waals surface area contributed by atoms with E-state index in [1.54, 1.807) is 18.3 Å². The predicted octanol–water partition coefficient (Wildman–Crippen LogP) is 4.03. The van der Waals surface area contributed by atoms with E-state index >= 15 is 0 Å². The van der Waals surface area contributed by atoms with Gasteiger partial charge in [-0.1, -0.05) is 24.3 Å². The maximum absolute atomic E-state index is 12.5. The lowest BCUT2D eigenvalue weighted by Crippen LogP contribution is -2.37.